The highest BCUT2D eigenvalue weighted by Crippen LogP contribution is 2.19. The minimum absolute atomic E-state index is 0.178. The van der Waals surface area contributed by atoms with Crippen LogP contribution < -0.4 is 10.6 Å². The van der Waals surface area contributed by atoms with Crippen molar-refractivity contribution in [2.24, 2.45) is 5.73 Å². The summed E-state index contributed by atoms with van der Waals surface area (Å²) in [6, 6.07) is 3.92. The molecule has 0 aromatic carbocycles. The van der Waals surface area contributed by atoms with Crippen molar-refractivity contribution in [3.05, 3.63) is 35.9 Å². The Hall–Kier alpha value is -2.02. The molecule has 0 aliphatic rings. The second-order valence-electron chi connectivity index (χ2n) is 4.18. The van der Waals surface area contributed by atoms with E-state index < -0.39 is 0 Å². The maximum atomic E-state index is 7.34. The van der Waals surface area contributed by atoms with E-state index in [1.165, 1.54) is 11.5 Å². The smallest absolute Gasteiger partial charge is 0.205 e. The molecule has 2 aromatic heterocycles. The fraction of sp³-hybridized carbons (Fsp3) is 0.333. The summed E-state index contributed by atoms with van der Waals surface area (Å²) < 4.78 is 4.19. The minimum atomic E-state index is 0.178. The third kappa shape index (κ3) is 3.99. The number of nitrogens with zero attached hydrogens (tertiary/aromatic N) is 4. The number of aryl methyl sites for hydroxylation is 1. The Bertz CT molecular complexity index is 538. The highest BCUT2D eigenvalue weighted by molar-refractivity contribution is 7.09. The SMILES string of the molecule is Cc1nsc(N(CCC(=N)N)Cc2cccnc2)n1. The van der Waals surface area contributed by atoms with E-state index in [2.05, 4.69) is 19.2 Å². The zero-order chi connectivity index (χ0) is 13.7. The summed E-state index contributed by atoms with van der Waals surface area (Å²) in [5.74, 6) is 0.941. The Labute approximate surface area is 116 Å². The number of hydrogen-bond donors (Lipinski definition) is 2. The van der Waals surface area contributed by atoms with Gasteiger partial charge in [-0.2, -0.15) is 4.37 Å². The van der Waals surface area contributed by atoms with Crippen LogP contribution in [0.2, 0.25) is 0 Å². The van der Waals surface area contributed by atoms with E-state index >= 15 is 0 Å². The molecule has 0 aliphatic heterocycles. The highest BCUT2D eigenvalue weighted by atomic mass is 32.1. The van der Waals surface area contributed by atoms with Gasteiger partial charge in [0.1, 0.15) is 5.82 Å². The summed E-state index contributed by atoms with van der Waals surface area (Å²) in [5.41, 5.74) is 6.53. The molecule has 0 bridgehead atoms. The summed E-state index contributed by atoms with van der Waals surface area (Å²) in [6.07, 6.45) is 4.09. The fourth-order valence-electron chi connectivity index (χ4n) is 1.62. The lowest BCUT2D eigenvalue weighted by atomic mass is 10.2. The van der Waals surface area contributed by atoms with Crippen LogP contribution in [0, 0.1) is 12.3 Å². The molecule has 0 aliphatic carbocycles. The quantitative estimate of drug-likeness (QED) is 0.617. The number of aromatic nitrogens is 3. The number of amidine groups is 1. The lowest BCUT2D eigenvalue weighted by Crippen LogP contribution is -2.27. The second-order valence-corrected chi connectivity index (χ2v) is 4.91. The number of anilines is 1. The van der Waals surface area contributed by atoms with Gasteiger partial charge >= 0.3 is 0 Å². The van der Waals surface area contributed by atoms with Crippen molar-refractivity contribution in [3.63, 3.8) is 0 Å². The Morgan fingerprint density at radius 1 is 1.53 bits per heavy atom. The normalized spacial score (nSPS) is 10.4. The maximum Gasteiger partial charge on any atom is 0.205 e. The molecule has 0 saturated heterocycles. The van der Waals surface area contributed by atoms with E-state index in [1.54, 1.807) is 6.20 Å². The first-order chi connectivity index (χ1) is 9.15. The van der Waals surface area contributed by atoms with Gasteiger partial charge in [-0.3, -0.25) is 10.4 Å². The number of hydrogen-bond acceptors (Lipinski definition) is 6. The Balaban J connectivity index is 2.12. The number of nitrogens with one attached hydrogen (secondary N) is 1. The lowest BCUT2D eigenvalue weighted by molar-refractivity contribution is 0.792. The molecule has 0 radical (unpaired) electrons. The van der Waals surface area contributed by atoms with Crippen LogP contribution in [0.15, 0.2) is 24.5 Å². The molecule has 0 amide bonds. The van der Waals surface area contributed by atoms with Gasteiger partial charge in [-0.25, -0.2) is 4.98 Å². The van der Waals surface area contributed by atoms with Gasteiger partial charge in [0, 0.05) is 43.4 Å². The standard InChI is InChI=1S/C12H16N6S/c1-9-16-12(19-17-9)18(6-4-11(13)14)8-10-3-2-5-15-7-10/h2-3,5,7H,4,6,8H2,1H3,(H3,13,14). The predicted octanol–water partition coefficient (Wildman–Crippen LogP) is 1.57. The van der Waals surface area contributed by atoms with Crippen LogP contribution in [0.4, 0.5) is 5.13 Å². The molecule has 100 valence electrons. The molecule has 6 nitrogen and oxygen atoms in total. The van der Waals surface area contributed by atoms with Gasteiger partial charge in [-0.1, -0.05) is 6.07 Å². The third-order valence-corrected chi connectivity index (χ3v) is 3.40. The maximum absolute atomic E-state index is 7.34. The molecule has 0 fully saturated rings. The molecular weight excluding hydrogens is 260 g/mol. The monoisotopic (exact) mass is 276 g/mol. The number of rotatable bonds is 6. The molecule has 0 saturated carbocycles. The Morgan fingerprint density at radius 3 is 2.95 bits per heavy atom. The summed E-state index contributed by atoms with van der Waals surface area (Å²) >= 11 is 1.36. The van der Waals surface area contributed by atoms with Crippen molar-refractivity contribution < 1.29 is 0 Å². The highest BCUT2D eigenvalue weighted by Gasteiger charge is 2.12. The minimum Gasteiger partial charge on any atom is -0.388 e. The first-order valence-electron chi connectivity index (χ1n) is 5.92. The number of nitrogens with two attached hydrogens (primary N) is 1. The zero-order valence-corrected chi connectivity index (χ0v) is 11.5. The van der Waals surface area contributed by atoms with Gasteiger partial charge in [-0.05, 0) is 18.6 Å². The van der Waals surface area contributed by atoms with E-state index in [-0.39, 0.29) is 5.84 Å². The largest absolute Gasteiger partial charge is 0.388 e. The van der Waals surface area contributed by atoms with Gasteiger partial charge in [0.15, 0.2) is 0 Å². The van der Waals surface area contributed by atoms with Crippen LogP contribution in [-0.2, 0) is 6.54 Å². The van der Waals surface area contributed by atoms with Gasteiger partial charge < -0.3 is 10.6 Å². The molecule has 2 heterocycles. The molecule has 19 heavy (non-hydrogen) atoms. The van der Waals surface area contributed by atoms with Crippen molar-refractivity contribution in [3.8, 4) is 0 Å². The predicted molar refractivity (Wildman–Crippen MR) is 76.5 cm³/mol. The molecule has 7 heteroatoms. The van der Waals surface area contributed by atoms with Crippen LogP contribution in [-0.4, -0.2) is 26.7 Å². The number of pyridine rings is 1. The molecular formula is C12H16N6S. The lowest BCUT2D eigenvalue weighted by Gasteiger charge is -2.20. The molecule has 0 atom stereocenters. The van der Waals surface area contributed by atoms with Crippen LogP contribution >= 0.6 is 11.5 Å². The summed E-state index contributed by atoms with van der Waals surface area (Å²) in [4.78, 5) is 10.6. The average molecular weight is 276 g/mol. The summed E-state index contributed by atoms with van der Waals surface area (Å²) in [7, 11) is 0. The van der Waals surface area contributed by atoms with E-state index in [4.69, 9.17) is 11.1 Å². The van der Waals surface area contributed by atoms with Crippen LogP contribution in [0.1, 0.15) is 17.8 Å². The van der Waals surface area contributed by atoms with Crippen molar-refractivity contribution in [1.29, 1.82) is 5.41 Å². The van der Waals surface area contributed by atoms with E-state index in [9.17, 15) is 0 Å². The van der Waals surface area contributed by atoms with E-state index in [0.29, 0.717) is 19.5 Å². The molecule has 0 unspecified atom stereocenters. The third-order valence-electron chi connectivity index (χ3n) is 2.53. The van der Waals surface area contributed by atoms with Crippen molar-refractivity contribution in [2.75, 3.05) is 11.4 Å². The van der Waals surface area contributed by atoms with Crippen molar-refractivity contribution >= 4 is 22.5 Å². The topological polar surface area (TPSA) is 91.8 Å². The van der Waals surface area contributed by atoms with E-state index in [1.807, 2.05) is 25.3 Å². The average Bonchev–Trinajstić information content (AvgIpc) is 2.82. The molecule has 3 N–H and O–H groups in total. The molecule has 2 rings (SSSR count). The van der Waals surface area contributed by atoms with Gasteiger partial charge in [-0.15, -0.1) is 0 Å². The van der Waals surface area contributed by atoms with Crippen molar-refractivity contribution in [2.45, 2.75) is 19.9 Å². The first kappa shape index (κ1) is 13.4. The first-order valence-corrected chi connectivity index (χ1v) is 6.69. The van der Waals surface area contributed by atoms with Crippen LogP contribution in [0.5, 0.6) is 0 Å². The molecule has 0 spiro atoms. The van der Waals surface area contributed by atoms with Crippen LogP contribution in [0.3, 0.4) is 0 Å². The fourth-order valence-corrected chi connectivity index (χ4v) is 2.32. The molecule has 2 aromatic rings. The van der Waals surface area contributed by atoms with Gasteiger partial charge in [0.05, 0.1) is 5.84 Å². The Morgan fingerprint density at radius 2 is 2.37 bits per heavy atom. The van der Waals surface area contributed by atoms with Gasteiger partial charge in [0.2, 0.25) is 5.13 Å². The van der Waals surface area contributed by atoms with Crippen molar-refractivity contribution in [1.82, 2.24) is 14.3 Å². The van der Waals surface area contributed by atoms with Gasteiger partial charge in [0.25, 0.3) is 0 Å². The van der Waals surface area contributed by atoms with Crippen LogP contribution in [0.25, 0.3) is 0 Å². The zero-order valence-electron chi connectivity index (χ0n) is 10.7. The summed E-state index contributed by atoms with van der Waals surface area (Å²) in [6.45, 7) is 3.21. The second kappa shape index (κ2) is 6.24. The Kier molecular flexibility index (Phi) is 4.40. The summed E-state index contributed by atoms with van der Waals surface area (Å²) in [5, 5.41) is 8.19. The van der Waals surface area contributed by atoms with E-state index in [0.717, 1.165) is 16.5 Å².